The van der Waals surface area contributed by atoms with Gasteiger partial charge >= 0.3 is 0 Å². The van der Waals surface area contributed by atoms with Gasteiger partial charge in [-0.25, -0.2) is 0 Å². The number of hydrogen-bond acceptors (Lipinski definition) is 2. The smallest absolute Gasteiger partial charge is 0.255 e. The van der Waals surface area contributed by atoms with E-state index in [1.54, 1.807) is 0 Å². The number of nitrogens with one attached hydrogen (secondary N) is 1. The maximum atomic E-state index is 12.2. The summed E-state index contributed by atoms with van der Waals surface area (Å²) in [5, 5.41) is 2.94. The molecule has 28 heavy (non-hydrogen) atoms. The van der Waals surface area contributed by atoms with Crippen LogP contribution < -0.4 is 11.1 Å². The first-order valence-electron chi connectivity index (χ1n) is 9.43. The second-order valence-electron chi connectivity index (χ2n) is 7.42. The van der Waals surface area contributed by atoms with Crippen LogP contribution in [0.15, 0.2) is 84.9 Å². The normalized spacial score (nSPS) is 20.1. The predicted molar refractivity (Wildman–Crippen MR) is 117 cm³/mol. The summed E-state index contributed by atoms with van der Waals surface area (Å²) in [6, 6.07) is 27.9. The minimum Gasteiger partial charge on any atom is -0.325 e. The first kappa shape index (κ1) is 20.1. The molecule has 3 aromatic rings. The standard InChI is InChI=1S/C24H24N2O.ClH/c25-24(16-15-18-7-3-1-4-8-18)17-22(24)19-11-13-21(14-12-19)26-23(27)20-9-5-2-6-10-20;/h1-14,22H,15-17,25H2,(H,26,27);1H. The molecule has 2 unspecified atom stereocenters. The first-order valence-corrected chi connectivity index (χ1v) is 9.43. The molecule has 4 heteroatoms. The van der Waals surface area contributed by atoms with Crippen molar-refractivity contribution in [3.05, 3.63) is 102 Å². The fourth-order valence-electron chi connectivity index (χ4n) is 3.66. The first-order chi connectivity index (χ1) is 13.1. The molecule has 3 aromatic carbocycles. The van der Waals surface area contributed by atoms with Gasteiger partial charge in [0.1, 0.15) is 0 Å². The molecule has 0 spiro atoms. The van der Waals surface area contributed by atoms with E-state index >= 15 is 0 Å². The van der Waals surface area contributed by atoms with Gasteiger partial charge in [-0.2, -0.15) is 0 Å². The highest BCUT2D eigenvalue weighted by atomic mass is 35.5. The van der Waals surface area contributed by atoms with Crippen molar-refractivity contribution in [1.29, 1.82) is 0 Å². The molecule has 1 fully saturated rings. The molecule has 0 bridgehead atoms. The van der Waals surface area contributed by atoms with Gasteiger partial charge in [-0.1, -0.05) is 60.7 Å². The quantitative estimate of drug-likeness (QED) is 0.607. The maximum Gasteiger partial charge on any atom is 0.255 e. The Morgan fingerprint density at radius 1 is 0.929 bits per heavy atom. The van der Waals surface area contributed by atoms with Crippen molar-refractivity contribution in [3.63, 3.8) is 0 Å². The van der Waals surface area contributed by atoms with Crippen LogP contribution in [0.3, 0.4) is 0 Å². The van der Waals surface area contributed by atoms with Crippen LogP contribution in [0.5, 0.6) is 0 Å². The van der Waals surface area contributed by atoms with Crippen molar-refractivity contribution in [3.8, 4) is 0 Å². The summed E-state index contributed by atoms with van der Waals surface area (Å²) in [5.74, 6) is 0.311. The Morgan fingerprint density at radius 3 is 2.18 bits per heavy atom. The Morgan fingerprint density at radius 2 is 1.54 bits per heavy atom. The lowest BCUT2D eigenvalue weighted by Crippen LogP contribution is -2.25. The van der Waals surface area contributed by atoms with Gasteiger partial charge in [-0.15, -0.1) is 12.4 Å². The van der Waals surface area contributed by atoms with Gasteiger partial charge in [0, 0.05) is 22.7 Å². The average Bonchev–Trinajstić information content (AvgIpc) is 3.40. The van der Waals surface area contributed by atoms with Gasteiger partial charge < -0.3 is 11.1 Å². The third-order valence-electron chi connectivity index (χ3n) is 5.45. The molecule has 0 heterocycles. The molecule has 0 aromatic heterocycles. The molecule has 0 radical (unpaired) electrons. The summed E-state index contributed by atoms with van der Waals surface area (Å²) >= 11 is 0. The van der Waals surface area contributed by atoms with E-state index in [1.807, 2.05) is 48.5 Å². The van der Waals surface area contributed by atoms with Gasteiger partial charge in [-0.05, 0) is 54.7 Å². The molecule has 1 aliphatic rings. The maximum absolute atomic E-state index is 12.2. The van der Waals surface area contributed by atoms with Gasteiger partial charge in [0.15, 0.2) is 0 Å². The predicted octanol–water partition coefficient (Wildman–Crippen LogP) is 5.18. The largest absolute Gasteiger partial charge is 0.325 e. The SMILES string of the molecule is Cl.NC1(CCc2ccccc2)CC1c1ccc(NC(=O)c2ccccc2)cc1. The van der Waals surface area contributed by atoms with Crippen molar-refractivity contribution in [2.75, 3.05) is 5.32 Å². The van der Waals surface area contributed by atoms with E-state index in [1.165, 1.54) is 11.1 Å². The Balaban J connectivity index is 0.00000225. The lowest BCUT2D eigenvalue weighted by atomic mass is 9.99. The zero-order valence-corrected chi connectivity index (χ0v) is 16.5. The number of amides is 1. The molecule has 1 aliphatic carbocycles. The van der Waals surface area contributed by atoms with E-state index < -0.39 is 0 Å². The van der Waals surface area contributed by atoms with Crippen LogP contribution in [0.1, 0.15) is 40.2 Å². The number of carbonyl (C=O) groups excluding carboxylic acids is 1. The van der Waals surface area contributed by atoms with Crippen molar-refractivity contribution in [2.45, 2.75) is 30.7 Å². The number of carbonyl (C=O) groups is 1. The summed E-state index contributed by atoms with van der Waals surface area (Å²) in [6.07, 6.45) is 3.03. The van der Waals surface area contributed by atoms with Gasteiger partial charge in [0.2, 0.25) is 0 Å². The molecule has 4 rings (SSSR count). The average molecular weight is 393 g/mol. The highest BCUT2D eigenvalue weighted by Gasteiger charge is 2.50. The number of halogens is 1. The number of anilines is 1. The Bertz CT molecular complexity index is 912. The third kappa shape index (κ3) is 4.61. The highest BCUT2D eigenvalue weighted by molar-refractivity contribution is 6.04. The molecule has 0 saturated heterocycles. The van der Waals surface area contributed by atoms with E-state index in [4.69, 9.17) is 5.73 Å². The summed E-state index contributed by atoms with van der Waals surface area (Å²) < 4.78 is 0. The minimum atomic E-state index is -0.107. The van der Waals surface area contributed by atoms with Crippen LogP contribution in [0.25, 0.3) is 0 Å². The van der Waals surface area contributed by atoms with Crippen molar-refractivity contribution in [2.24, 2.45) is 5.73 Å². The Hall–Kier alpha value is -2.62. The number of rotatable bonds is 6. The van der Waals surface area contributed by atoms with E-state index in [9.17, 15) is 4.79 Å². The number of nitrogens with two attached hydrogens (primary N) is 1. The summed E-state index contributed by atoms with van der Waals surface area (Å²) in [6.45, 7) is 0. The number of aryl methyl sites for hydroxylation is 1. The van der Waals surface area contributed by atoms with E-state index in [0.717, 1.165) is 24.9 Å². The topological polar surface area (TPSA) is 55.1 Å². The molecular weight excluding hydrogens is 368 g/mol. The fourth-order valence-corrected chi connectivity index (χ4v) is 3.66. The Kier molecular flexibility index (Phi) is 6.18. The zero-order chi connectivity index (χ0) is 18.7. The molecule has 1 amide bonds. The second-order valence-corrected chi connectivity index (χ2v) is 7.42. The van der Waals surface area contributed by atoms with Crippen molar-refractivity contribution < 1.29 is 4.79 Å². The summed E-state index contributed by atoms with van der Waals surface area (Å²) in [7, 11) is 0. The van der Waals surface area contributed by atoms with E-state index in [2.05, 4.69) is 41.7 Å². The van der Waals surface area contributed by atoms with Gasteiger partial charge in [-0.3, -0.25) is 4.79 Å². The zero-order valence-electron chi connectivity index (χ0n) is 15.7. The van der Waals surface area contributed by atoms with Crippen LogP contribution in [0, 0.1) is 0 Å². The van der Waals surface area contributed by atoms with Crippen LogP contribution in [-0.4, -0.2) is 11.4 Å². The minimum absolute atomic E-state index is 0. The van der Waals surface area contributed by atoms with Crippen molar-refractivity contribution >= 4 is 24.0 Å². The third-order valence-corrected chi connectivity index (χ3v) is 5.45. The van der Waals surface area contributed by atoms with Crippen LogP contribution >= 0.6 is 12.4 Å². The Labute approximate surface area is 172 Å². The van der Waals surface area contributed by atoms with Gasteiger partial charge in [0.05, 0.1) is 0 Å². The molecule has 144 valence electrons. The van der Waals surface area contributed by atoms with Gasteiger partial charge in [0.25, 0.3) is 5.91 Å². The monoisotopic (exact) mass is 392 g/mol. The summed E-state index contributed by atoms with van der Waals surface area (Å²) in [5.41, 5.74) is 10.5. The molecule has 2 atom stereocenters. The van der Waals surface area contributed by atoms with Crippen LogP contribution in [0.4, 0.5) is 5.69 Å². The molecular formula is C24H25ClN2O. The van der Waals surface area contributed by atoms with Crippen LogP contribution in [-0.2, 0) is 6.42 Å². The highest BCUT2D eigenvalue weighted by Crippen LogP contribution is 2.52. The lowest BCUT2D eigenvalue weighted by molar-refractivity contribution is 0.102. The molecule has 3 N–H and O–H groups in total. The molecule has 3 nitrogen and oxygen atoms in total. The van der Waals surface area contributed by atoms with Crippen molar-refractivity contribution in [1.82, 2.24) is 0 Å². The van der Waals surface area contributed by atoms with E-state index in [-0.39, 0.29) is 23.9 Å². The lowest BCUT2D eigenvalue weighted by Gasteiger charge is -2.12. The number of hydrogen-bond donors (Lipinski definition) is 2. The molecule has 1 saturated carbocycles. The van der Waals surface area contributed by atoms with Crippen LogP contribution in [0.2, 0.25) is 0 Å². The second kappa shape index (κ2) is 8.59. The fraction of sp³-hybridized carbons (Fsp3) is 0.208. The molecule has 0 aliphatic heterocycles. The number of benzene rings is 3. The summed E-state index contributed by atoms with van der Waals surface area (Å²) in [4.78, 5) is 12.2. The van der Waals surface area contributed by atoms with E-state index in [0.29, 0.717) is 11.5 Å².